The highest BCUT2D eigenvalue weighted by Crippen LogP contribution is 2.17. The maximum Gasteiger partial charge on any atom is 0.255 e. The molecule has 0 bridgehead atoms. The third-order valence-corrected chi connectivity index (χ3v) is 4.49. The summed E-state index contributed by atoms with van der Waals surface area (Å²) in [6, 6.07) is 7.51. The van der Waals surface area contributed by atoms with Crippen molar-refractivity contribution in [1.29, 1.82) is 0 Å². The molecule has 0 radical (unpaired) electrons. The Morgan fingerprint density at radius 3 is 2.57 bits per heavy atom. The molecule has 0 atom stereocenters. The van der Waals surface area contributed by atoms with Gasteiger partial charge in [-0.2, -0.15) is 0 Å². The number of aromatic amines is 1. The lowest BCUT2D eigenvalue weighted by Crippen LogP contribution is -2.18. The summed E-state index contributed by atoms with van der Waals surface area (Å²) in [6.45, 7) is 3.41. The van der Waals surface area contributed by atoms with E-state index in [4.69, 9.17) is 11.6 Å². The Kier molecular flexibility index (Phi) is 6.97. The molecule has 0 unspecified atom stereocenters. The SMILES string of the molecule is Cc1ccc(Cc2cnc(NCCCCNc3ncccc3Cl)[nH]c2=O)cn1. The van der Waals surface area contributed by atoms with E-state index in [1.807, 2.05) is 19.1 Å². The Hall–Kier alpha value is -2.93. The fraction of sp³-hybridized carbons (Fsp3) is 0.300. The number of pyridine rings is 2. The van der Waals surface area contributed by atoms with Crippen LogP contribution in [-0.2, 0) is 6.42 Å². The number of halogens is 1. The average Bonchev–Trinajstić information content (AvgIpc) is 2.69. The van der Waals surface area contributed by atoms with Crippen LogP contribution in [0.15, 0.2) is 47.7 Å². The van der Waals surface area contributed by atoms with Gasteiger partial charge in [0.1, 0.15) is 5.82 Å². The molecule has 0 spiro atoms. The van der Waals surface area contributed by atoms with E-state index >= 15 is 0 Å². The monoisotopic (exact) mass is 398 g/mol. The minimum atomic E-state index is -0.135. The second-order valence-corrected chi connectivity index (χ2v) is 6.87. The topological polar surface area (TPSA) is 95.6 Å². The van der Waals surface area contributed by atoms with Gasteiger partial charge in [0.25, 0.3) is 5.56 Å². The summed E-state index contributed by atoms with van der Waals surface area (Å²) in [6.07, 6.45) is 7.47. The van der Waals surface area contributed by atoms with E-state index in [9.17, 15) is 4.79 Å². The number of anilines is 2. The van der Waals surface area contributed by atoms with Gasteiger partial charge in [0.2, 0.25) is 5.95 Å². The molecule has 3 rings (SSSR count). The van der Waals surface area contributed by atoms with E-state index in [1.165, 1.54) is 0 Å². The number of aryl methyl sites for hydroxylation is 1. The Morgan fingerprint density at radius 1 is 1.04 bits per heavy atom. The smallest absolute Gasteiger partial charge is 0.255 e. The van der Waals surface area contributed by atoms with Gasteiger partial charge >= 0.3 is 0 Å². The third kappa shape index (κ3) is 5.79. The van der Waals surface area contributed by atoms with E-state index < -0.39 is 0 Å². The van der Waals surface area contributed by atoms with E-state index in [2.05, 4.69) is 30.6 Å². The summed E-state index contributed by atoms with van der Waals surface area (Å²) in [4.78, 5) is 27.8. The first kappa shape index (κ1) is 19.8. The molecular formula is C20H23ClN6O. The molecule has 0 aromatic carbocycles. The normalized spacial score (nSPS) is 10.6. The van der Waals surface area contributed by atoms with Crippen LogP contribution < -0.4 is 16.2 Å². The number of rotatable bonds is 9. The van der Waals surface area contributed by atoms with Crippen LogP contribution in [0.4, 0.5) is 11.8 Å². The zero-order valence-corrected chi connectivity index (χ0v) is 16.5. The Balaban J connectivity index is 1.41. The maximum atomic E-state index is 12.2. The summed E-state index contributed by atoms with van der Waals surface area (Å²) >= 11 is 6.05. The van der Waals surface area contributed by atoms with Gasteiger partial charge in [-0.15, -0.1) is 0 Å². The minimum absolute atomic E-state index is 0.135. The number of nitrogens with zero attached hydrogens (tertiary/aromatic N) is 3. The quantitative estimate of drug-likeness (QED) is 0.478. The van der Waals surface area contributed by atoms with Gasteiger partial charge in [0.05, 0.1) is 5.02 Å². The first-order valence-corrected chi connectivity index (χ1v) is 9.57. The largest absolute Gasteiger partial charge is 0.369 e. The van der Waals surface area contributed by atoms with Crippen molar-refractivity contribution < 1.29 is 0 Å². The predicted octanol–water partition coefficient (Wildman–Crippen LogP) is 3.42. The molecule has 0 aliphatic rings. The van der Waals surface area contributed by atoms with Crippen LogP contribution in [0.2, 0.25) is 5.02 Å². The van der Waals surface area contributed by atoms with Gasteiger partial charge in [-0.3, -0.25) is 14.8 Å². The first-order chi connectivity index (χ1) is 13.6. The van der Waals surface area contributed by atoms with E-state index in [0.29, 0.717) is 35.3 Å². The molecule has 3 heterocycles. The standard InChI is InChI=1S/C20H23ClN6O/c1-14-6-7-15(12-25-14)11-16-13-26-20(27-19(16)28)24-9-3-2-8-22-18-17(21)5-4-10-23-18/h4-7,10,12-13H,2-3,8-9,11H2,1H3,(H,22,23)(H2,24,26,27,28). The van der Waals surface area contributed by atoms with Crippen LogP contribution in [0.1, 0.15) is 29.7 Å². The number of H-pyrrole nitrogens is 1. The summed E-state index contributed by atoms with van der Waals surface area (Å²) in [7, 11) is 0. The second kappa shape index (κ2) is 9.85. The molecule has 0 amide bonds. The Labute approximate surface area is 168 Å². The molecule has 8 heteroatoms. The highest BCUT2D eigenvalue weighted by atomic mass is 35.5. The van der Waals surface area contributed by atoms with Crippen molar-refractivity contribution in [3.05, 3.63) is 75.1 Å². The summed E-state index contributed by atoms with van der Waals surface area (Å²) in [5, 5.41) is 6.97. The number of nitrogens with one attached hydrogen (secondary N) is 3. The average molecular weight is 399 g/mol. The molecule has 0 fully saturated rings. The zero-order valence-electron chi connectivity index (χ0n) is 15.7. The molecule has 146 valence electrons. The number of hydrogen-bond acceptors (Lipinski definition) is 6. The molecule has 3 aromatic rings. The lowest BCUT2D eigenvalue weighted by Gasteiger charge is -2.08. The molecule has 28 heavy (non-hydrogen) atoms. The van der Waals surface area contributed by atoms with Crippen LogP contribution in [-0.4, -0.2) is 33.0 Å². The van der Waals surface area contributed by atoms with Gasteiger partial charge in [0, 0.05) is 49.4 Å². The highest BCUT2D eigenvalue weighted by molar-refractivity contribution is 6.32. The lowest BCUT2D eigenvalue weighted by atomic mass is 10.1. The molecule has 0 saturated heterocycles. The van der Waals surface area contributed by atoms with Crippen molar-refractivity contribution >= 4 is 23.4 Å². The number of aromatic nitrogens is 4. The van der Waals surface area contributed by atoms with Crippen molar-refractivity contribution in [2.24, 2.45) is 0 Å². The van der Waals surface area contributed by atoms with Crippen molar-refractivity contribution in [3.8, 4) is 0 Å². The molecule has 0 saturated carbocycles. The van der Waals surface area contributed by atoms with E-state index in [0.717, 1.165) is 30.6 Å². The molecule has 0 aliphatic carbocycles. The van der Waals surface area contributed by atoms with E-state index in [-0.39, 0.29) is 5.56 Å². The summed E-state index contributed by atoms with van der Waals surface area (Å²) < 4.78 is 0. The van der Waals surface area contributed by atoms with Crippen LogP contribution in [0, 0.1) is 6.92 Å². The van der Waals surface area contributed by atoms with Gasteiger partial charge < -0.3 is 10.6 Å². The molecule has 0 aliphatic heterocycles. The summed E-state index contributed by atoms with van der Waals surface area (Å²) in [5.41, 5.74) is 2.42. The van der Waals surface area contributed by atoms with Crippen molar-refractivity contribution in [2.45, 2.75) is 26.2 Å². The van der Waals surface area contributed by atoms with Gasteiger partial charge in [-0.05, 0) is 43.5 Å². The molecule has 7 nitrogen and oxygen atoms in total. The van der Waals surface area contributed by atoms with Crippen molar-refractivity contribution in [2.75, 3.05) is 23.7 Å². The fourth-order valence-corrected chi connectivity index (χ4v) is 2.83. The van der Waals surface area contributed by atoms with Gasteiger partial charge in [-0.25, -0.2) is 9.97 Å². The second-order valence-electron chi connectivity index (χ2n) is 6.47. The lowest BCUT2D eigenvalue weighted by molar-refractivity contribution is 0.787. The summed E-state index contributed by atoms with van der Waals surface area (Å²) in [5.74, 6) is 1.18. The van der Waals surface area contributed by atoms with Crippen LogP contribution in [0.25, 0.3) is 0 Å². The van der Waals surface area contributed by atoms with Crippen LogP contribution in [0.3, 0.4) is 0 Å². The first-order valence-electron chi connectivity index (χ1n) is 9.20. The zero-order chi connectivity index (χ0) is 19.8. The maximum absolute atomic E-state index is 12.2. The van der Waals surface area contributed by atoms with Crippen LogP contribution in [0.5, 0.6) is 0 Å². The predicted molar refractivity (Wildman–Crippen MR) is 112 cm³/mol. The highest BCUT2D eigenvalue weighted by Gasteiger charge is 2.05. The minimum Gasteiger partial charge on any atom is -0.369 e. The fourth-order valence-electron chi connectivity index (χ4n) is 2.64. The van der Waals surface area contributed by atoms with Gasteiger partial charge in [-0.1, -0.05) is 17.7 Å². The molecular weight excluding hydrogens is 376 g/mol. The van der Waals surface area contributed by atoms with Crippen molar-refractivity contribution in [3.63, 3.8) is 0 Å². The van der Waals surface area contributed by atoms with Gasteiger partial charge in [0.15, 0.2) is 0 Å². The third-order valence-electron chi connectivity index (χ3n) is 4.19. The van der Waals surface area contributed by atoms with Crippen molar-refractivity contribution in [1.82, 2.24) is 19.9 Å². The molecule has 3 aromatic heterocycles. The Morgan fingerprint density at radius 2 is 1.86 bits per heavy atom. The number of hydrogen-bond donors (Lipinski definition) is 3. The molecule has 3 N–H and O–H groups in total. The number of unbranched alkanes of at least 4 members (excludes halogenated alkanes) is 1. The van der Waals surface area contributed by atoms with Crippen LogP contribution >= 0.6 is 11.6 Å². The Bertz CT molecular complexity index is 957. The van der Waals surface area contributed by atoms with E-state index in [1.54, 1.807) is 30.7 Å².